The lowest BCUT2D eigenvalue weighted by molar-refractivity contribution is -0.167. The molecule has 1 atom stereocenters. The molecule has 0 N–H and O–H groups in total. The van der Waals surface area contributed by atoms with E-state index in [1.807, 2.05) is 0 Å². The number of unbranched alkanes of at least 4 members (excludes halogenated alkanes) is 33. The second kappa shape index (κ2) is 60.4. The van der Waals surface area contributed by atoms with Crippen molar-refractivity contribution in [2.75, 3.05) is 13.2 Å². The maximum atomic E-state index is 12.9. The number of rotatable bonds is 56. The second-order valence-corrected chi connectivity index (χ2v) is 20.6. The van der Waals surface area contributed by atoms with Crippen LogP contribution in [0.5, 0.6) is 0 Å². The van der Waals surface area contributed by atoms with E-state index in [0.29, 0.717) is 19.3 Å². The fourth-order valence-corrected chi connectivity index (χ4v) is 8.82. The Morgan fingerprint density at radius 1 is 0.292 bits per heavy atom. The molecule has 0 aromatic carbocycles. The van der Waals surface area contributed by atoms with Gasteiger partial charge in [0.05, 0.1) is 0 Å². The third-order valence-corrected chi connectivity index (χ3v) is 13.4. The maximum absolute atomic E-state index is 12.9. The molecule has 6 heteroatoms. The topological polar surface area (TPSA) is 78.9 Å². The molecule has 0 rings (SSSR count). The number of hydrogen-bond donors (Lipinski definition) is 0. The molecule has 416 valence electrons. The molecule has 0 amide bonds. The van der Waals surface area contributed by atoms with Crippen LogP contribution in [-0.2, 0) is 28.6 Å². The molecule has 6 nitrogen and oxygen atoms in total. The van der Waals surface area contributed by atoms with Crippen LogP contribution in [-0.4, -0.2) is 37.2 Å². The molecule has 0 spiro atoms. The number of allylic oxidation sites excluding steroid dienone is 12. The summed E-state index contributed by atoms with van der Waals surface area (Å²) >= 11 is 0. The highest BCUT2D eigenvalue weighted by atomic mass is 16.6. The van der Waals surface area contributed by atoms with Crippen LogP contribution >= 0.6 is 0 Å². The Morgan fingerprint density at radius 2 is 0.542 bits per heavy atom. The summed E-state index contributed by atoms with van der Waals surface area (Å²) in [6.45, 7) is 6.54. The number of ether oxygens (including phenoxy) is 3. The summed E-state index contributed by atoms with van der Waals surface area (Å²) in [7, 11) is 0. The van der Waals surface area contributed by atoms with E-state index in [1.54, 1.807) is 0 Å². The summed E-state index contributed by atoms with van der Waals surface area (Å²) in [5, 5.41) is 0. The molecule has 1 unspecified atom stereocenters. The van der Waals surface area contributed by atoms with Crippen LogP contribution in [0.3, 0.4) is 0 Å². The van der Waals surface area contributed by atoms with Crippen molar-refractivity contribution in [3.63, 3.8) is 0 Å². The van der Waals surface area contributed by atoms with Crippen LogP contribution in [0.2, 0.25) is 0 Å². The monoisotopic (exact) mass is 1000 g/mol. The van der Waals surface area contributed by atoms with Crippen LogP contribution in [0.4, 0.5) is 0 Å². The van der Waals surface area contributed by atoms with E-state index in [0.717, 1.165) is 109 Å². The molecule has 0 aromatic rings. The van der Waals surface area contributed by atoms with Gasteiger partial charge in [-0.2, -0.15) is 0 Å². The van der Waals surface area contributed by atoms with Gasteiger partial charge in [0.15, 0.2) is 6.10 Å². The maximum Gasteiger partial charge on any atom is 0.306 e. The van der Waals surface area contributed by atoms with Gasteiger partial charge in [-0.25, -0.2) is 0 Å². The van der Waals surface area contributed by atoms with Crippen LogP contribution in [0.1, 0.15) is 310 Å². The molecule has 0 bridgehead atoms. The summed E-state index contributed by atoms with van der Waals surface area (Å²) in [6.07, 6.45) is 77.5. The molecule has 0 saturated carbocycles. The van der Waals surface area contributed by atoms with Crippen LogP contribution in [0.25, 0.3) is 0 Å². The first-order chi connectivity index (χ1) is 35.5. The molecule has 0 aliphatic carbocycles. The van der Waals surface area contributed by atoms with Crippen LogP contribution in [0, 0.1) is 0 Å². The Balaban J connectivity index is 4.32. The quantitative estimate of drug-likeness (QED) is 0.0261. The van der Waals surface area contributed by atoms with Gasteiger partial charge in [0.25, 0.3) is 0 Å². The summed E-state index contributed by atoms with van der Waals surface area (Å²) in [4.78, 5) is 38.2. The Bertz CT molecular complexity index is 1340. The van der Waals surface area contributed by atoms with Crippen molar-refractivity contribution in [1.29, 1.82) is 0 Å². The average Bonchev–Trinajstić information content (AvgIpc) is 3.38. The largest absolute Gasteiger partial charge is 0.462 e. The van der Waals surface area contributed by atoms with Crippen molar-refractivity contribution in [2.24, 2.45) is 0 Å². The fourth-order valence-electron chi connectivity index (χ4n) is 8.82. The van der Waals surface area contributed by atoms with Crippen LogP contribution < -0.4 is 0 Å². The molecular weight excluding hydrogens is 889 g/mol. The highest BCUT2D eigenvalue weighted by Gasteiger charge is 2.19. The van der Waals surface area contributed by atoms with Crippen molar-refractivity contribution in [3.05, 3.63) is 72.9 Å². The van der Waals surface area contributed by atoms with E-state index in [2.05, 4.69) is 93.7 Å². The van der Waals surface area contributed by atoms with Gasteiger partial charge in [-0.15, -0.1) is 0 Å². The minimum absolute atomic E-state index is 0.0772. The Morgan fingerprint density at radius 3 is 0.861 bits per heavy atom. The summed E-state index contributed by atoms with van der Waals surface area (Å²) in [5.41, 5.74) is 0. The van der Waals surface area contributed by atoms with Crippen molar-refractivity contribution >= 4 is 17.9 Å². The SMILES string of the molecule is CC/C=C\C/C=C\C/C=C\C/C=C\C/C=C\CCCCCCCCCCCC(=O)OCC(COC(=O)CCCCCCCCCCCCCCCC)OC(=O)CCCCCCC/C=C\CCCCCCCC. The first-order valence-corrected chi connectivity index (χ1v) is 30.9. The van der Waals surface area contributed by atoms with Gasteiger partial charge in [0, 0.05) is 19.3 Å². The zero-order valence-corrected chi connectivity index (χ0v) is 47.7. The predicted molar refractivity (Wildman–Crippen MR) is 311 cm³/mol. The zero-order chi connectivity index (χ0) is 52.2. The van der Waals surface area contributed by atoms with E-state index in [1.165, 1.54) is 161 Å². The van der Waals surface area contributed by atoms with E-state index >= 15 is 0 Å². The van der Waals surface area contributed by atoms with Crippen molar-refractivity contribution in [2.45, 2.75) is 316 Å². The average molecular weight is 1010 g/mol. The first kappa shape index (κ1) is 68.8. The minimum atomic E-state index is -0.781. The molecular formula is C66H116O6. The molecule has 0 fully saturated rings. The van der Waals surface area contributed by atoms with Crippen molar-refractivity contribution in [1.82, 2.24) is 0 Å². The molecule has 0 aromatic heterocycles. The second-order valence-electron chi connectivity index (χ2n) is 20.6. The minimum Gasteiger partial charge on any atom is -0.462 e. The molecule has 0 saturated heterocycles. The van der Waals surface area contributed by atoms with E-state index in [-0.39, 0.29) is 31.1 Å². The van der Waals surface area contributed by atoms with Gasteiger partial charge in [-0.05, 0) is 89.9 Å². The van der Waals surface area contributed by atoms with E-state index in [4.69, 9.17) is 14.2 Å². The first-order valence-electron chi connectivity index (χ1n) is 30.9. The Hall–Kier alpha value is -3.15. The van der Waals surface area contributed by atoms with Gasteiger partial charge < -0.3 is 14.2 Å². The molecule has 72 heavy (non-hydrogen) atoms. The Labute approximate surface area is 446 Å². The summed E-state index contributed by atoms with van der Waals surface area (Å²) in [5.74, 6) is -0.878. The highest BCUT2D eigenvalue weighted by molar-refractivity contribution is 5.71. The number of carbonyl (C=O) groups is 3. The fraction of sp³-hybridized carbons (Fsp3) is 0.773. The third kappa shape index (κ3) is 57.7. The number of hydrogen-bond acceptors (Lipinski definition) is 6. The predicted octanol–water partition coefficient (Wildman–Crippen LogP) is 20.9. The number of esters is 3. The van der Waals surface area contributed by atoms with Gasteiger partial charge >= 0.3 is 17.9 Å². The molecule has 0 aliphatic heterocycles. The lowest BCUT2D eigenvalue weighted by atomic mass is 10.0. The van der Waals surface area contributed by atoms with Crippen molar-refractivity contribution < 1.29 is 28.6 Å². The number of carbonyl (C=O) groups excluding carboxylic acids is 3. The third-order valence-electron chi connectivity index (χ3n) is 13.4. The lowest BCUT2D eigenvalue weighted by Gasteiger charge is -2.18. The van der Waals surface area contributed by atoms with Crippen LogP contribution in [0.15, 0.2) is 72.9 Å². The van der Waals surface area contributed by atoms with E-state index < -0.39 is 6.10 Å². The summed E-state index contributed by atoms with van der Waals surface area (Å²) in [6, 6.07) is 0. The standard InChI is InChI=1S/C66H116O6/c1-4-7-10-13-16-19-22-25-28-29-30-31-32-33-34-35-36-37-39-41-44-47-50-53-56-59-65(68)71-62-63(61-70-64(67)58-55-52-49-46-43-40-27-24-21-18-15-12-9-6-3)72-66(69)60-57-54-51-48-45-42-38-26-23-20-17-14-11-8-5-2/h7,10,16,19,25-26,28,30-31,33-34,38,63H,4-6,8-9,11-15,17-18,20-24,27,29,32,35-37,39-62H2,1-3H3/b10-7-,19-16-,28-25-,31-30-,34-33-,38-26-. The van der Waals surface area contributed by atoms with Gasteiger partial charge in [-0.1, -0.05) is 273 Å². The van der Waals surface area contributed by atoms with E-state index in [9.17, 15) is 14.4 Å². The Kier molecular flexibility index (Phi) is 57.8. The molecule has 0 aliphatic rings. The van der Waals surface area contributed by atoms with Gasteiger partial charge in [0.2, 0.25) is 0 Å². The smallest absolute Gasteiger partial charge is 0.306 e. The van der Waals surface area contributed by atoms with Gasteiger partial charge in [0.1, 0.15) is 13.2 Å². The molecule has 0 radical (unpaired) electrons. The molecule has 0 heterocycles. The summed E-state index contributed by atoms with van der Waals surface area (Å²) < 4.78 is 16.9. The zero-order valence-electron chi connectivity index (χ0n) is 47.7. The highest BCUT2D eigenvalue weighted by Crippen LogP contribution is 2.16. The van der Waals surface area contributed by atoms with Crippen molar-refractivity contribution in [3.8, 4) is 0 Å². The lowest BCUT2D eigenvalue weighted by Crippen LogP contribution is -2.30. The van der Waals surface area contributed by atoms with Gasteiger partial charge in [-0.3, -0.25) is 14.4 Å². The normalized spacial score (nSPS) is 12.5.